The van der Waals surface area contributed by atoms with Crippen molar-refractivity contribution in [2.45, 2.75) is 215 Å². The highest BCUT2D eigenvalue weighted by atomic mass is 16.7. The number of rotatable bonds is 57. The molecular formula is C70H117N9O31. The van der Waals surface area contributed by atoms with Gasteiger partial charge in [0.05, 0.1) is 99.1 Å². The zero-order valence-corrected chi connectivity index (χ0v) is 62.7. The Kier molecular flexibility index (Phi) is 48.2. The molecule has 110 heavy (non-hydrogen) atoms. The van der Waals surface area contributed by atoms with Crippen LogP contribution < -0.4 is 47.9 Å². The monoisotopic (exact) mass is 1580 g/mol. The maximum Gasteiger partial charge on any atom is 0.306 e. The van der Waals surface area contributed by atoms with Gasteiger partial charge < -0.3 is 151 Å². The van der Waals surface area contributed by atoms with Gasteiger partial charge in [0.25, 0.3) is 0 Å². The average Bonchev–Trinajstić information content (AvgIpc) is 0.820. The molecule has 0 aliphatic carbocycles. The Bertz CT molecular complexity index is 2850. The Morgan fingerprint density at radius 1 is 0.382 bits per heavy atom. The Morgan fingerprint density at radius 2 is 0.755 bits per heavy atom. The highest BCUT2D eigenvalue weighted by molar-refractivity contribution is 5.90. The predicted octanol–water partition coefficient (Wildman–Crippen LogP) is -6.80. The van der Waals surface area contributed by atoms with E-state index in [1.165, 1.54) is 20.8 Å². The number of esters is 1. The molecule has 1 aromatic rings. The van der Waals surface area contributed by atoms with Crippen molar-refractivity contribution in [3.8, 4) is 0 Å². The van der Waals surface area contributed by atoms with Crippen molar-refractivity contribution in [1.82, 2.24) is 47.9 Å². The quantitative estimate of drug-likeness (QED) is 0.0213. The molecule has 4 rings (SSSR count). The van der Waals surface area contributed by atoms with Gasteiger partial charge in [-0.25, -0.2) is 0 Å². The maximum atomic E-state index is 13.8. The molecule has 3 heterocycles. The summed E-state index contributed by atoms with van der Waals surface area (Å²) in [5.41, 5.74) is 0.892. The molecule has 1 aromatic carbocycles. The van der Waals surface area contributed by atoms with Crippen LogP contribution in [0, 0.1) is 0 Å². The molecule has 40 nitrogen and oxygen atoms in total. The summed E-state index contributed by atoms with van der Waals surface area (Å²) in [5.74, 6) is -5.45. The Morgan fingerprint density at radius 3 is 1.21 bits per heavy atom. The molecule has 0 radical (unpaired) electrons. The van der Waals surface area contributed by atoms with Gasteiger partial charge in [-0.3, -0.25) is 47.9 Å². The van der Waals surface area contributed by atoms with E-state index in [0.29, 0.717) is 19.4 Å². The van der Waals surface area contributed by atoms with Crippen molar-refractivity contribution >= 4 is 59.1 Å². The van der Waals surface area contributed by atoms with E-state index in [-0.39, 0.29) is 175 Å². The smallest absolute Gasteiger partial charge is 0.306 e. The van der Waals surface area contributed by atoms with Gasteiger partial charge in [0, 0.05) is 85.7 Å². The lowest BCUT2D eigenvalue weighted by Gasteiger charge is -2.42. The summed E-state index contributed by atoms with van der Waals surface area (Å²) in [6.07, 6.45) is -14.2. The van der Waals surface area contributed by atoms with Crippen LogP contribution in [-0.4, -0.2) is 341 Å². The van der Waals surface area contributed by atoms with Gasteiger partial charge in [0.1, 0.15) is 91.8 Å². The molecule has 3 fully saturated rings. The molecular weight excluding hydrogens is 1460 g/mol. The number of carbonyl (C=O) groups excluding carboxylic acids is 10. The summed E-state index contributed by atoms with van der Waals surface area (Å²) in [6, 6.07) is 3.27. The van der Waals surface area contributed by atoms with Crippen molar-refractivity contribution in [3.63, 3.8) is 0 Å². The van der Waals surface area contributed by atoms with Gasteiger partial charge in [-0.2, -0.15) is 0 Å². The van der Waals surface area contributed by atoms with Crippen LogP contribution in [0.3, 0.4) is 0 Å². The number of hydrogen-bond donors (Lipinski definition) is 18. The van der Waals surface area contributed by atoms with Gasteiger partial charge in [-0.15, -0.1) is 0 Å². The van der Waals surface area contributed by atoms with Crippen molar-refractivity contribution < 1.29 is 151 Å². The third kappa shape index (κ3) is 38.1. The average molecular weight is 1580 g/mol. The van der Waals surface area contributed by atoms with Crippen molar-refractivity contribution in [2.75, 3.05) is 132 Å². The number of amides is 9. The molecule has 17 atom stereocenters. The molecule has 2 unspecified atom stereocenters. The zero-order chi connectivity index (χ0) is 80.6. The molecule has 0 spiro atoms. The Labute approximate surface area is 638 Å². The third-order valence-electron chi connectivity index (χ3n) is 17.2. The van der Waals surface area contributed by atoms with Crippen molar-refractivity contribution in [3.05, 3.63) is 35.9 Å². The standard InChI is InChI=1S/C70H117N9O31/c1-43(83)75-57-63(94)60(91)49(39-80)108-68(57)104-27-12-26-99-29-24-73-67(98)48(78-54(88)16-11-15-52(86)71-22-10-5-4-9-17-56(90)107-42-46-13-7-6-8-14-46)19-21-55(89)79-47(66(97)74-25-30-101-32-34-103-36-38-106-70-59(77-45(3)85)65(96)62(93)51(41-82)110-70)18-20-53(87)72-23-28-100-31-33-102-35-37-105-69-58(76-44(2)84)64(95)61(92)50(40-81)109-69/h6-8,13-14,47-51,57-65,68-70,80-82,91-96H,4-5,9-12,15-42H2,1-3H3,(H,71,86)(H,72,87)(H,73,98)(H,74,97)(H,75,83)(H,76,84)(H,77,85)(H,78,88)(H,79,89)/t47?,48?,49-,50-,51-,57-,58-,59-,60+,61+,62+,63-,64-,65-,68-,69-,70-/m1/s1. The summed E-state index contributed by atoms with van der Waals surface area (Å²) >= 11 is 0. The number of unbranched alkanes of at least 4 members (excludes halogenated alkanes) is 3. The molecule has 18 N–H and O–H groups in total. The van der Waals surface area contributed by atoms with Crippen LogP contribution >= 0.6 is 0 Å². The fourth-order valence-corrected chi connectivity index (χ4v) is 11.4. The van der Waals surface area contributed by atoms with Crippen LogP contribution in [-0.2, 0) is 111 Å². The summed E-state index contributed by atoms with van der Waals surface area (Å²) in [6.45, 7) is 2.34. The highest BCUT2D eigenvalue weighted by Gasteiger charge is 2.48. The zero-order valence-electron chi connectivity index (χ0n) is 62.7. The second kappa shape index (κ2) is 55.5. The number of ether oxygens (including phenoxy) is 12. The van der Waals surface area contributed by atoms with E-state index < -0.39 is 178 Å². The van der Waals surface area contributed by atoms with E-state index in [0.717, 1.165) is 18.4 Å². The summed E-state index contributed by atoms with van der Waals surface area (Å²) in [4.78, 5) is 128. The number of benzene rings is 1. The highest BCUT2D eigenvalue weighted by Crippen LogP contribution is 2.25. The van der Waals surface area contributed by atoms with Gasteiger partial charge in [0.2, 0.25) is 53.2 Å². The molecule has 9 amide bonds. The van der Waals surface area contributed by atoms with E-state index in [4.69, 9.17) is 56.8 Å². The molecule has 0 saturated carbocycles. The summed E-state index contributed by atoms with van der Waals surface area (Å²) < 4.78 is 66.8. The first-order valence-electron chi connectivity index (χ1n) is 37.2. The maximum absolute atomic E-state index is 13.8. The second-order valence-electron chi connectivity index (χ2n) is 26.1. The summed E-state index contributed by atoms with van der Waals surface area (Å²) in [5, 5.41) is 115. The largest absolute Gasteiger partial charge is 0.461 e. The van der Waals surface area contributed by atoms with Gasteiger partial charge in [-0.05, 0) is 44.1 Å². The normalized spacial score (nSPS) is 24.3. The lowest BCUT2D eigenvalue weighted by molar-refractivity contribution is -0.272. The van der Waals surface area contributed by atoms with Gasteiger partial charge in [-0.1, -0.05) is 43.2 Å². The second-order valence-corrected chi connectivity index (χ2v) is 26.1. The first-order chi connectivity index (χ1) is 52.9. The SMILES string of the molecule is CC(=O)N[C@H]1[C@H](OCCCOCCNC(=O)C(CCC(=O)NC(CCC(=O)NCCOCCOCCO[C@@H]2O[C@H](CO)[C@H](O)[C@H](O)[C@H]2NC(C)=O)C(=O)NCCOCCOCCO[C@@H]2O[C@H](CO)[C@H](O)[C@H](O)[C@H]2NC(C)=O)NC(=O)CCCC(=O)NCCCCCCC(=O)OCc2ccccc2)O[C@H](CO)[C@H](O)[C@@H]1O. The van der Waals surface area contributed by atoms with Crippen LogP contribution in [0.5, 0.6) is 0 Å². The van der Waals surface area contributed by atoms with Crippen LogP contribution in [0.1, 0.15) is 110 Å². The molecule has 628 valence electrons. The van der Waals surface area contributed by atoms with Crippen molar-refractivity contribution in [2.24, 2.45) is 0 Å². The fourth-order valence-electron chi connectivity index (χ4n) is 11.4. The van der Waals surface area contributed by atoms with Crippen LogP contribution in [0.15, 0.2) is 30.3 Å². The minimum absolute atomic E-state index is 0.00560. The van der Waals surface area contributed by atoms with E-state index in [2.05, 4.69) is 47.9 Å². The molecule has 40 heteroatoms. The van der Waals surface area contributed by atoms with Gasteiger partial charge in [0.15, 0.2) is 18.9 Å². The number of nitrogens with one attached hydrogen (secondary N) is 9. The first kappa shape index (κ1) is 95.5. The minimum Gasteiger partial charge on any atom is -0.461 e. The minimum atomic E-state index is -1.51. The fraction of sp³-hybridized carbons (Fsp3) is 0.771. The van der Waals surface area contributed by atoms with E-state index in [9.17, 15) is 93.9 Å². The third-order valence-corrected chi connectivity index (χ3v) is 17.2. The molecule has 0 bridgehead atoms. The molecule has 3 aliphatic heterocycles. The van der Waals surface area contributed by atoms with E-state index in [1.54, 1.807) is 0 Å². The number of carbonyl (C=O) groups is 10. The number of aliphatic hydroxyl groups excluding tert-OH is 9. The van der Waals surface area contributed by atoms with Crippen LogP contribution in [0.2, 0.25) is 0 Å². The first-order valence-corrected chi connectivity index (χ1v) is 37.2. The van der Waals surface area contributed by atoms with E-state index in [1.807, 2.05) is 30.3 Å². The van der Waals surface area contributed by atoms with Crippen LogP contribution in [0.25, 0.3) is 0 Å². The molecule has 0 aromatic heterocycles. The predicted molar refractivity (Wildman–Crippen MR) is 380 cm³/mol. The lowest BCUT2D eigenvalue weighted by atomic mass is 9.97. The number of hydrogen-bond acceptors (Lipinski definition) is 31. The topological polar surface area (TPSA) is 572 Å². The summed E-state index contributed by atoms with van der Waals surface area (Å²) in [7, 11) is 0. The lowest BCUT2D eigenvalue weighted by Crippen LogP contribution is -2.64. The molecule has 3 aliphatic rings. The number of aliphatic hydroxyl groups is 9. The Balaban J connectivity index is 1.30. The molecule has 3 saturated heterocycles. The Hall–Kier alpha value is -6.88. The van der Waals surface area contributed by atoms with Crippen LogP contribution in [0.4, 0.5) is 0 Å². The van der Waals surface area contributed by atoms with E-state index >= 15 is 0 Å². The van der Waals surface area contributed by atoms with Crippen molar-refractivity contribution in [1.29, 1.82) is 0 Å². The van der Waals surface area contributed by atoms with Gasteiger partial charge >= 0.3 is 5.97 Å².